The maximum absolute atomic E-state index is 12.9. The summed E-state index contributed by atoms with van der Waals surface area (Å²) in [5, 5.41) is -0.104. The van der Waals surface area contributed by atoms with Gasteiger partial charge in [-0.25, -0.2) is 4.98 Å². The van der Waals surface area contributed by atoms with Crippen molar-refractivity contribution in [3.63, 3.8) is 0 Å². The summed E-state index contributed by atoms with van der Waals surface area (Å²) < 4.78 is 44.8. The number of esters is 1. The SMILES string of the molecule is CC(=O)Oc1cccc(-c2cn3cc(C(F)(F)F)cc(Cl)c3n2)c1. The largest absolute Gasteiger partial charge is 0.427 e. The fraction of sp³-hybridized carbons (Fsp3) is 0.125. The summed E-state index contributed by atoms with van der Waals surface area (Å²) in [7, 11) is 0. The summed E-state index contributed by atoms with van der Waals surface area (Å²) in [4.78, 5) is 15.3. The van der Waals surface area contributed by atoms with Gasteiger partial charge in [0.05, 0.1) is 16.3 Å². The second-order valence-corrected chi connectivity index (χ2v) is 5.46. The van der Waals surface area contributed by atoms with Gasteiger partial charge in [0.2, 0.25) is 0 Å². The summed E-state index contributed by atoms with van der Waals surface area (Å²) in [6, 6.07) is 7.36. The van der Waals surface area contributed by atoms with Crippen LogP contribution in [-0.4, -0.2) is 15.4 Å². The van der Waals surface area contributed by atoms with Crippen LogP contribution in [0.5, 0.6) is 5.75 Å². The van der Waals surface area contributed by atoms with Crippen molar-refractivity contribution in [1.82, 2.24) is 9.38 Å². The number of fused-ring (bicyclic) bond motifs is 1. The summed E-state index contributed by atoms with van der Waals surface area (Å²) in [6.45, 7) is 1.27. The third kappa shape index (κ3) is 3.21. The summed E-state index contributed by atoms with van der Waals surface area (Å²) in [5.41, 5.74) is 0.336. The van der Waals surface area contributed by atoms with Crippen LogP contribution in [0.3, 0.4) is 0 Å². The molecular formula is C16H10ClF3N2O2. The molecule has 0 unspecified atom stereocenters. The molecule has 0 fully saturated rings. The van der Waals surface area contributed by atoms with Gasteiger partial charge in [-0.2, -0.15) is 13.2 Å². The van der Waals surface area contributed by atoms with Crippen LogP contribution >= 0.6 is 11.6 Å². The lowest BCUT2D eigenvalue weighted by Crippen LogP contribution is -2.06. The first-order valence-corrected chi connectivity index (χ1v) is 7.16. The quantitative estimate of drug-likeness (QED) is 0.499. The van der Waals surface area contributed by atoms with Crippen LogP contribution in [0.1, 0.15) is 12.5 Å². The zero-order chi connectivity index (χ0) is 17.5. The van der Waals surface area contributed by atoms with Crippen LogP contribution in [0.4, 0.5) is 13.2 Å². The molecule has 0 aliphatic rings. The number of rotatable bonds is 2. The van der Waals surface area contributed by atoms with E-state index in [9.17, 15) is 18.0 Å². The van der Waals surface area contributed by atoms with Crippen LogP contribution in [0.15, 0.2) is 42.7 Å². The molecule has 2 heterocycles. The first-order valence-electron chi connectivity index (χ1n) is 6.78. The maximum atomic E-state index is 12.9. The van der Waals surface area contributed by atoms with Crippen molar-refractivity contribution in [2.75, 3.05) is 0 Å². The normalized spacial score (nSPS) is 11.7. The van der Waals surface area contributed by atoms with Gasteiger partial charge in [0.1, 0.15) is 5.75 Å². The minimum atomic E-state index is -4.50. The Balaban J connectivity index is 2.08. The first-order chi connectivity index (χ1) is 11.2. The lowest BCUT2D eigenvalue weighted by Gasteiger charge is -2.07. The lowest BCUT2D eigenvalue weighted by molar-refractivity contribution is -0.138. The highest BCUT2D eigenvalue weighted by Crippen LogP contribution is 2.33. The smallest absolute Gasteiger partial charge is 0.417 e. The first kappa shape index (κ1) is 16.3. The van der Waals surface area contributed by atoms with E-state index in [1.807, 2.05) is 0 Å². The van der Waals surface area contributed by atoms with Gasteiger partial charge < -0.3 is 9.14 Å². The number of hydrogen-bond acceptors (Lipinski definition) is 3. The fourth-order valence-corrected chi connectivity index (χ4v) is 2.49. The number of imidazole rings is 1. The van der Waals surface area contributed by atoms with Crippen molar-refractivity contribution >= 4 is 23.2 Å². The molecule has 8 heteroatoms. The minimum Gasteiger partial charge on any atom is -0.427 e. The molecule has 0 radical (unpaired) electrons. The van der Waals surface area contributed by atoms with Gasteiger partial charge in [0.25, 0.3) is 0 Å². The van der Waals surface area contributed by atoms with Crippen LogP contribution in [0.2, 0.25) is 5.02 Å². The molecule has 0 atom stereocenters. The molecule has 0 spiro atoms. The summed E-state index contributed by atoms with van der Waals surface area (Å²) >= 11 is 5.92. The minimum absolute atomic E-state index is 0.104. The predicted octanol–water partition coefficient (Wildman–Crippen LogP) is 4.60. The Kier molecular flexibility index (Phi) is 3.96. The maximum Gasteiger partial charge on any atom is 0.417 e. The topological polar surface area (TPSA) is 43.6 Å². The Morgan fingerprint density at radius 1 is 1.25 bits per heavy atom. The highest BCUT2D eigenvalue weighted by Gasteiger charge is 2.31. The average Bonchev–Trinajstić information content (AvgIpc) is 2.90. The van der Waals surface area contributed by atoms with E-state index in [1.54, 1.807) is 24.3 Å². The van der Waals surface area contributed by atoms with Gasteiger partial charge >= 0.3 is 12.1 Å². The third-order valence-corrected chi connectivity index (χ3v) is 3.50. The van der Waals surface area contributed by atoms with E-state index < -0.39 is 17.7 Å². The average molecular weight is 355 g/mol. The molecule has 0 N–H and O–H groups in total. The number of alkyl halides is 3. The van der Waals surface area contributed by atoms with E-state index in [2.05, 4.69) is 4.98 Å². The Bertz CT molecular complexity index is 935. The van der Waals surface area contributed by atoms with Crippen LogP contribution in [-0.2, 0) is 11.0 Å². The zero-order valence-corrected chi connectivity index (χ0v) is 13.0. The molecule has 0 amide bonds. The Morgan fingerprint density at radius 3 is 2.67 bits per heavy atom. The Hall–Kier alpha value is -2.54. The molecule has 3 rings (SSSR count). The van der Waals surface area contributed by atoms with Gasteiger partial charge in [-0.05, 0) is 18.2 Å². The zero-order valence-electron chi connectivity index (χ0n) is 12.3. The molecule has 0 bridgehead atoms. The lowest BCUT2D eigenvalue weighted by atomic mass is 10.1. The van der Waals surface area contributed by atoms with Crippen molar-refractivity contribution in [3.05, 3.63) is 53.3 Å². The monoisotopic (exact) mass is 354 g/mol. The van der Waals surface area contributed by atoms with E-state index >= 15 is 0 Å². The van der Waals surface area contributed by atoms with Crippen LogP contribution in [0, 0.1) is 0 Å². The molecule has 124 valence electrons. The third-order valence-electron chi connectivity index (χ3n) is 3.23. The van der Waals surface area contributed by atoms with E-state index in [4.69, 9.17) is 16.3 Å². The summed E-state index contributed by atoms with van der Waals surface area (Å²) in [6.07, 6.45) is -2.14. The molecule has 24 heavy (non-hydrogen) atoms. The molecule has 2 aromatic heterocycles. The predicted molar refractivity (Wildman–Crippen MR) is 81.9 cm³/mol. The van der Waals surface area contributed by atoms with Gasteiger partial charge in [0, 0.05) is 24.9 Å². The number of pyridine rings is 1. The van der Waals surface area contributed by atoms with Crippen LogP contribution < -0.4 is 4.74 Å². The van der Waals surface area contributed by atoms with E-state index in [0.29, 0.717) is 17.0 Å². The number of halogens is 4. The van der Waals surface area contributed by atoms with Crippen molar-refractivity contribution in [2.24, 2.45) is 0 Å². The Morgan fingerprint density at radius 2 is 2.00 bits per heavy atom. The highest BCUT2D eigenvalue weighted by atomic mass is 35.5. The van der Waals surface area contributed by atoms with E-state index in [1.165, 1.54) is 17.5 Å². The van der Waals surface area contributed by atoms with Gasteiger partial charge in [-0.3, -0.25) is 4.79 Å². The number of hydrogen-bond donors (Lipinski definition) is 0. The molecule has 0 saturated heterocycles. The number of nitrogens with zero attached hydrogens (tertiary/aromatic N) is 2. The number of aromatic nitrogens is 2. The number of benzene rings is 1. The van der Waals surface area contributed by atoms with E-state index in [-0.39, 0.29) is 10.7 Å². The van der Waals surface area contributed by atoms with Crippen molar-refractivity contribution in [2.45, 2.75) is 13.1 Å². The van der Waals surface area contributed by atoms with Crippen LogP contribution in [0.25, 0.3) is 16.9 Å². The standard InChI is InChI=1S/C16H10ClF3N2O2/c1-9(23)24-12-4-2-3-10(5-12)14-8-22-7-11(16(18,19)20)6-13(17)15(22)21-14/h2-8H,1H3. The fourth-order valence-electron chi connectivity index (χ4n) is 2.24. The molecule has 0 aliphatic carbocycles. The van der Waals surface area contributed by atoms with Gasteiger partial charge in [-0.15, -0.1) is 0 Å². The summed E-state index contributed by atoms with van der Waals surface area (Å²) in [5.74, 6) is -0.154. The molecule has 0 aliphatic heterocycles. The molecule has 4 nitrogen and oxygen atoms in total. The van der Waals surface area contributed by atoms with Gasteiger partial charge in [-0.1, -0.05) is 23.7 Å². The highest BCUT2D eigenvalue weighted by molar-refractivity contribution is 6.33. The molecule has 1 aromatic carbocycles. The van der Waals surface area contributed by atoms with Crippen molar-refractivity contribution in [1.29, 1.82) is 0 Å². The van der Waals surface area contributed by atoms with Crippen molar-refractivity contribution in [3.8, 4) is 17.0 Å². The number of carbonyl (C=O) groups excluding carboxylic acids is 1. The number of carbonyl (C=O) groups is 1. The van der Waals surface area contributed by atoms with Crippen molar-refractivity contribution < 1.29 is 22.7 Å². The molecular weight excluding hydrogens is 345 g/mol. The second-order valence-electron chi connectivity index (χ2n) is 5.05. The van der Waals surface area contributed by atoms with Gasteiger partial charge in [0.15, 0.2) is 5.65 Å². The molecule has 0 saturated carbocycles. The Labute approximate surface area is 139 Å². The second kappa shape index (κ2) is 5.83. The molecule has 3 aromatic rings. The van der Waals surface area contributed by atoms with E-state index in [0.717, 1.165) is 12.3 Å². The number of ether oxygens (including phenoxy) is 1.